The summed E-state index contributed by atoms with van der Waals surface area (Å²) in [5.74, 6) is 0. The van der Waals surface area contributed by atoms with Gasteiger partial charge in [-0.3, -0.25) is 5.43 Å². The first-order chi connectivity index (χ1) is 14.9. The van der Waals surface area contributed by atoms with E-state index in [2.05, 4.69) is 20.8 Å². The van der Waals surface area contributed by atoms with E-state index < -0.39 is 10.0 Å². The van der Waals surface area contributed by atoms with E-state index in [1.807, 2.05) is 31.2 Å². The molecule has 1 aromatic heterocycles. The molecule has 2 aromatic carbocycles. The highest BCUT2D eigenvalue weighted by Crippen LogP contribution is 2.25. The first kappa shape index (κ1) is 21.5. The van der Waals surface area contributed by atoms with Gasteiger partial charge < -0.3 is 10.3 Å². The van der Waals surface area contributed by atoms with Crippen LogP contribution < -0.4 is 10.7 Å². The van der Waals surface area contributed by atoms with Crippen LogP contribution >= 0.6 is 12.2 Å². The summed E-state index contributed by atoms with van der Waals surface area (Å²) in [6, 6.07) is 13.0. The number of aromatic amines is 1. The summed E-state index contributed by atoms with van der Waals surface area (Å²) in [6.45, 7) is 3.16. The maximum Gasteiger partial charge on any atom is 0.243 e. The summed E-state index contributed by atoms with van der Waals surface area (Å²) in [5, 5.41) is 8.49. The van der Waals surface area contributed by atoms with Crippen molar-refractivity contribution < 1.29 is 8.42 Å². The third-order valence-corrected chi connectivity index (χ3v) is 7.49. The lowest BCUT2D eigenvalue weighted by Crippen LogP contribution is -2.35. The molecule has 1 saturated heterocycles. The molecular formula is C22H25N5O2S2. The summed E-state index contributed by atoms with van der Waals surface area (Å²) in [6.07, 6.45) is 6.32. The number of nitrogens with one attached hydrogen (secondary N) is 3. The number of nitrogens with zero attached hydrogens (tertiary/aromatic N) is 2. The Morgan fingerprint density at radius 3 is 2.71 bits per heavy atom. The number of aromatic nitrogens is 1. The number of anilines is 1. The van der Waals surface area contributed by atoms with Crippen LogP contribution in [0.3, 0.4) is 0 Å². The lowest BCUT2D eigenvalue weighted by Gasteiger charge is -2.25. The van der Waals surface area contributed by atoms with Crippen molar-refractivity contribution in [1.82, 2.24) is 14.7 Å². The van der Waals surface area contributed by atoms with Gasteiger partial charge in [-0.25, -0.2) is 8.42 Å². The second kappa shape index (κ2) is 9.17. The fourth-order valence-corrected chi connectivity index (χ4v) is 5.37. The van der Waals surface area contributed by atoms with Crippen molar-refractivity contribution in [3.05, 3.63) is 59.8 Å². The lowest BCUT2D eigenvalue weighted by molar-refractivity contribution is 0.346. The summed E-state index contributed by atoms with van der Waals surface area (Å²) < 4.78 is 27.6. The van der Waals surface area contributed by atoms with E-state index >= 15 is 0 Å². The molecule has 3 aromatic rings. The number of piperidine rings is 1. The maximum atomic E-state index is 13.0. The van der Waals surface area contributed by atoms with E-state index in [-0.39, 0.29) is 0 Å². The monoisotopic (exact) mass is 455 g/mol. The van der Waals surface area contributed by atoms with Gasteiger partial charge in [0.25, 0.3) is 0 Å². The number of hydrogen-bond donors (Lipinski definition) is 3. The third-order valence-electron chi connectivity index (χ3n) is 5.40. The van der Waals surface area contributed by atoms with Crippen molar-refractivity contribution in [2.24, 2.45) is 5.10 Å². The molecule has 0 radical (unpaired) electrons. The van der Waals surface area contributed by atoms with Gasteiger partial charge in [-0.05, 0) is 61.8 Å². The highest BCUT2D eigenvalue weighted by molar-refractivity contribution is 7.89. The maximum absolute atomic E-state index is 13.0. The second-order valence-corrected chi connectivity index (χ2v) is 9.90. The van der Waals surface area contributed by atoms with Crippen molar-refractivity contribution in [2.45, 2.75) is 31.1 Å². The van der Waals surface area contributed by atoms with Gasteiger partial charge in [0.05, 0.1) is 11.1 Å². The zero-order valence-electron chi connectivity index (χ0n) is 17.3. The van der Waals surface area contributed by atoms with Gasteiger partial charge in [0.2, 0.25) is 10.0 Å². The molecule has 4 rings (SSSR count). The number of H-pyrrole nitrogens is 1. The van der Waals surface area contributed by atoms with Crippen molar-refractivity contribution in [3.63, 3.8) is 0 Å². The van der Waals surface area contributed by atoms with E-state index in [4.69, 9.17) is 12.2 Å². The van der Waals surface area contributed by atoms with Crippen LogP contribution in [-0.2, 0) is 10.0 Å². The minimum absolute atomic E-state index is 0.306. The molecule has 0 saturated carbocycles. The number of thiocarbonyl (C=S) groups is 1. The smallest absolute Gasteiger partial charge is 0.243 e. The minimum atomic E-state index is -3.49. The number of benzene rings is 2. The standard InChI is InChI=1S/C22H25N5O2S2/c1-16-7-3-4-8-20(16)25-22(30)26-24-15-17-14-23-21-10-9-18(13-19(17)21)31(28,29)27-11-5-2-6-12-27/h3-4,7-10,13-15,23H,2,5-6,11-12H2,1H3,(H2,25,26,30)/b24-15-. The minimum Gasteiger partial charge on any atom is -0.361 e. The molecule has 162 valence electrons. The molecule has 3 N–H and O–H groups in total. The van der Waals surface area contributed by atoms with Crippen molar-refractivity contribution in [1.29, 1.82) is 0 Å². The van der Waals surface area contributed by atoms with E-state index in [9.17, 15) is 8.42 Å². The van der Waals surface area contributed by atoms with Gasteiger partial charge in [-0.1, -0.05) is 24.6 Å². The number of aryl methyl sites for hydroxylation is 1. The Hall–Kier alpha value is -2.75. The molecule has 0 bridgehead atoms. The molecule has 1 aliphatic heterocycles. The number of fused-ring (bicyclic) bond motifs is 1. The molecule has 31 heavy (non-hydrogen) atoms. The van der Waals surface area contributed by atoms with Gasteiger partial charge in [-0.15, -0.1) is 0 Å². The van der Waals surface area contributed by atoms with Gasteiger partial charge >= 0.3 is 0 Å². The lowest BCUT2D eigenvalue weighted by atomic mass is 10.2. The molecule has 0 aliphatic carbocycles. The molecule has 9 heteroatoms. The van der Waals surface area contributed by atoms with Crippen molar-refractivity contribution in [3.8, 4) is 0 Å². The Kier molecular flexibility index (Phi) is 6.35. The van der Waals surface area contributed by atoms with Crippen LogP contribution in [0.5, 0.6) is 0 Å². The Morgan fingerprint density at radius 1 is 1.16 bits per heavy atom. The second-order valence-electron chi connectivity index (χ2n) is 7.56. The van der Waals surface area contributed by atoms with Gasteiger partial charge in [-0.2, -0.15) is 9.41 Å². The van der Waals surface area contributed by atoms with Crippen LogP contribution in [0.4, 0.5) is 5.69 Å². The third kappa shape index (κ3) is 4.79. The van der Waals surface area contributed by atoms with Crippen LogP contribution in [0.15, 0.2) is 58.7 Å². The molecule has 1 fully saturated rings. The van der Waals surface area contributed by atoms with Gasteiger partial charge in [0.15, 0.2) is 5.11 Å². The molecule has 0 atom stereocenters. The van der Waals surface area contributed by atoms with E-state index in [0.29, 0.717) is 23.1 Å². The molecule has 0 unspecified atom stereocenters. The quantitative estimate of drug-likeness (QED) is 0.308. The highest BCUT2D eigenvalue weighted by atomic mass is 32.2. The summed E-state index contributed by atoms with van der Waals surface area (Å²) in [5.41, 5.74) is 6.42. The summed E-state index contributed by atoms with van der Waals surface area (Å²) >= 11 is 5.30. The Balaban J connectivity index is 1.50. The van der Waals surface area contributed by atoms with Gasteiger partial charge in [0, 0.05) is 41.4 Å². The fraction of sp³-hybridized carbons (Fsp3) is 0.273. The van der Waals surface area contributed by atoms with E-state index in [0.717, 1.165) is 47.0 Å². The summed E-state index contributed by atoms with van der Waals surface area (Å²) in [7, 11) is -3.49. The molecule has 0 amide bonds. The predicted molar refractivity (Wildman–Crippen MR) is 129 cm³/mol. The molecule has 1 aliphatic rings. The molecule has 2 heterocycles. The number of rotatable bonds is 5. The van der Waals surface area contributed by atoms with Crippen LogP contribution in [0.2, 0.25) is 0 Å². The number of hydrazone groups is 1. The number of sulfonamides is 1. The average molecular weight is 456 g/mol. The van der Waals surface area contributed by atoms with Crippen LogP contribution in [0.25, 0.3) is 10.9 Å². The molecule has 7 nitrogen and oxygen atoms in total. The SMILES string of the molecule is Cc1ccccc1NC(=S)N/N=C\c1c[nH]c2ccc(S(=O)(=O)N3CCCCC3)cc12. The molecular weight excluding hydrogens is 430 g/mol. The van der Waals surface area contributed by atoms with Crippen LogP contribution in [0, 0.1) is 6.92 Å². The normalized spacial score (nSPS) is 15.4. The van der Waals surface area contributed by atoms with Crippen LogP contribution in [-0.4, -0.2) is 42.1 Å². The molecule has 0 spiro atoms. The summed E-state index contributed by atoms with van der Waals surface area (Å²) in [4.78, 5) is 3.46. The first-order valence-corrected chi connectivity index (χ1v) is 12.1. The fourth-order valence-electron chi connectivity index (χ4n) is 3.67. The highest BCUT2D eigenvalue weighted by Gasteiger charge is 2.26. The zero-order valence-corrected chi connectivity index (χ0v) is 18.9. The Morgan fingerprint density at radius 2 is 1.94 bits per heavy atom. The van der Waals surface area contributed by atoms with E-state index in [1.165, 1.54) is 0 Å². The predicted octanol–water partition coefficient (Wildman–Crippen LogP) is 3.97. The van der Waals surface area contributed by atoms with Crippen LogP contribution in [0.1, 0.15) is 30.4 Å². The number of para-hydroxylation sites is 1. The first-order valence-electron chi connectivity index (χ1n) is 10.2. The Labute approximate surface area is 187 Å². The average Bonchev–Trinajstić information content (AvgIpc) is 3.18. The van der Waals surface area contributed by atoms with Crippen molar-refractivity contribution >= 4 is 50.2 Å². The van der Waals surface area contributed by atoms with Crippen molar-refractivity contribution in [2.75, 3.05) is 18.4 Å². The zero-order chi connectivity index (χ0) is 21.8. The van der Waals surface area contributed by atoms with E-state index in [1.54, 1.807) is 34.9 Å². The number of hydrogen-bond acceptors (Lipinski definition) is 4. The largest absolute Gasteiger partial charge is 0.361 e. The topological polar surface area (TPSA) is 89.6 Å². The van der Waals surface area contributed by atoms with Gasteiger partial charge in [0.1, 0.15) is 0 Å². The Bertz CT molecular complexity index is 1230.